The van der Waals surface area contributed by atoms with Crippen LogP contribution in [-0.2, 0) is 0 Å². The Balaban J connectivity index is 1.48. The summed E-state index contributed by atoms with van der Waals surface area (Å²) in [5.41, 5.74) is 17.5. The first kappa shape index (κ1) is 27.4. The van der Waals surface area contributed by atoms with Gasteiger partial charge in [0.1, 0.15) is 0 Å². The summed E-state index contributed by atoms with van der Waals surface area (Å²) in [5.74, 6) is 0. The Labute approximate surface area is 259 Å². The van der Waals surface area contributed by atoms with Crippen LogP contribution >= 0.6 is 0 Å². The molecule has 0 bridgehead atoms. The number of aromatic nitrogens is 3. The van der Waals surface area contributed by atoms with Gasteiger partial charge in [0.25, 0.3) is 0 Å². The van der Waals surface area contributed by atoms with E-state index in [9.17, 15) is 0 Å². The van der Waals surface area contributed by atoms with E-state index in [0.29, 0.717) is 0 Å². The summed E-state index contributed by atoms with van der Waals surface area (Å²) >= 11 is 0. The van der Waals surface area contributed by atoms with E-state index in [-0.39, 0.29) is 0 Å². The van der Waals surface area contributed by atoms with Crippen molar-refractivity contribution in [1.29, 1.82) is 0 Å². The molecule has 2 heterocycles. The van der Waals surface area contributed by atoms with Crippen LogP contribution in [0.25, 0.3) is 66.9 Å². The minimum atomic E-state index is 0.871. The third kappa shape index (κ3) is 5.41. The average Bonchev–Trinajstić information content (AvgIpc) is 3.03. The highest BCUT2D eigenvalue weighted by Crippen LogP contribution is 2.39. The molecule has 2 aromatic heterocycles. The Bertz CT molecular complexity index is 2090. The fraction of sp³-hybridized carbons (Fsp3) is 0.0976. The summed E-state index contributed by atoms with van der Waals surface area (Å²) in [6.07, 6.45) is 3.65. The number of aryl methyl sites for hydroxylation is 4. The third-order valence-electron chi connectivity index (χ3n) is 8.09. The van der Waals surface area contributed by atoms with E-state index in [1.165, 1.54) is 33.4 Å². The van der Waals surface area contributed by atoms with Gasteiger partial charge >= 0.3 is 0 Å². The van der Waals surface area contributed by atoms with Crippen molar-refractivity contribution in [3.63, 3.8) is 0 Å². The van der Waals surface area contributed by atoms with Gasteiger partial charge in [0, 0.05) is 23.5 Å². The number of hydrogen-bond acceptors (Lipinski definition) is 3. The molecule has 5 aromatic carbocycles. The molecule has 3 nitrogen and oxygen atoms in total. The van der Waals surface area contributed by atoms with Gasteiger partial charge in [-0.15, -0.1) is 0 Å². The van der Waals surface area contributed by atoms with E-state index < -0.39 is 0 Å². The molecule has 7 aromatic rings. The van der Waals surface area contributed by atoms with Crippen LogP contribution in [0.3, 0.4) is 0 Å². The zero-order chi connectivity index (χ0) is 30.2. The van der Waals surface area contributed by atoms with Gasteiger partial charge in [-0.05, 0) is 85.3 Å². The van der Waals surface area contributed by atoms with Crippen molar-refractivity contribution >= 4 is 11.0 Å². The van der Waals surface area contributed by atoms with Crippen molar-refractivity contribution in [3.05, 3.63) is 150 Å². The summed E-state index contributed by atoms with van der Waals surface area (Å²) in [7, 11) is 0. The molecule has 0 aliphatic rings. The predicted octanol–water partition coefficient (Wildman–Crippen LogP) is 10.6. The molecule has 0 fully saturated rings. The number of fused-ring (bicyclic) bond motifs is 1. The van der Waals surface area contributed by atoms with Crippen molar-refractivity contribution in [2.24, 2.45) is 0 Å². The van der Waals surface area contributed by atoms with Crippen molar-refractivity contribution in [2.45, 2.75) is 27.7 Å². The Morgan fingerprint density at radius 3 is 1.25 bits per heavy atom. The summed E-state index contributed by atoms with van der Waals surface area (Å²) in [5, 5.41) is 0. The highest BCUT2D eigenvalue weighted by molar-refractivity contribution is 5.96. The minimum absolute atomic E-state index is 0.871. The third-order valence-corrected chi connectivity index (χ3v) is 8.09. The molecule has 0 aliphatic heterocycles. The van der Waals surface area contributed by atoms with Crippen LogP contribution in [0.5, 0.6) is 0 Å². The largest absolute Gasteiger partial charge is 0.265 e. The maximum Gasteiger partial charge on any atom is 0.0973 e. The molecule has 0 N–H and O–H groups in total. The summed E-state index contributed by atoms with van der Waals surface area (Å²) < 4.78 is 0. The van der Waals surface area contributed by atoms with Crippen LogP contribution < -0.4 is 0 Å². The molecule has 44 heavy (non-hydrogen) atoms. The van der Waals surface area contributed by atoms with Crippen LogP contribution in [0.2, 0.25) is 0 Å². The second-order valence-electron chi connectivity index (χ2n) is 11.7. The quantitative estimate of drug-likeness (QED) is 0.208. The first-order valence-corrected chi connectivity index (χ1v) is 15.0. The second kappa shape index (κ2) is 11.3. The van der Waals surface area contributed by atoms with E-state index in [1.807, 2.05) is 30.6 Å². The maximum atomic E-state index is 5.35. The zero-order valence-corrected chi connectivity index (χ0v) is 25.5. The number of hydrogen-bond donors (Lipinski definition) is 0. The second-order valence-corrected chi connectivity index (χ2v) is 11.7. The number of nitrogens with zero attached hydrogens (tertiary/aromatic N) is 3. The van der Waals surface area contributed by atoms with Crippen molar-refractivity contribution in [3.8, 4) is 55.9 Å². The van der Waals surface area contributed by atoms with Gasteiger partial charge < -0.3 is 0 Å². The van der Waals surface area contributed by atoms with Crippen LogP contribution in [-0.4, -0.2) is 15.0 Å². The molecular formula is C41H33N3. The Hall–Kier alpha value is -5.41. The first-order valence-electron chi connectivity index (χ1n) is 15.0. The lowest BCUT2D eigenvalue weighted by molar-refractivity contribution is 1.29. The molecule has 0 amide bonds. The van der Waals surface area contributed by atoms with E-state index >= 15 is 0 Å². The summed E-state index contributed by atoms with van der Waals surface area (Å²) in [4.78, 5) is 14.8. The van der Waals surface area contributed by atoms with E-state index in [0.717, 1.165) is 55.8 Å². The van der Waals surface area contributed by atoms with Crippen LogP contribution in [0.4, 0.5) is 0 Å². The van der Waals surface area contributed by atoms with Gasteiger partial charge in [0.15, 0.2) is 0 Å². The molecule has 0 atom stereocenters. The van der Waals surface area contributed by atoms with Crippen LogP contribution in [0.15, 0.2) is 128 Å². The Kier molecular flexibility index (Phi) is 7.07. The molecule has 7 rings (SSSR count). The van der Waals surface area contributed by atoms with Gasteiger partial charge in [-0.1, -0.05) is 113 Å². The zero-order valence-electron chi connectivity index (χ0n) is 25.5. The van der Waals surface area contributed by atoms with Crippen molar-refractivity contribution in [2.75, 3.05) is 0 Å². The highest BCUT2D eigenvalue weighted by atomic mass is 14.8. The van der Waals surface area contributed by atoms with E-state index in [2.05, 4.69) is 130 Å². The highest BCUT2D eigenvalue weighted by Gasteiger charge is 2.18. The van der Waals surface area contributed by atoms with Crippen molar-refractivity contribution in [1.82, 2.24) is 15.0 Å². The molecule has 0 radical (unpaired) electrons. The monoisotopic (exact) mass is 567 g/mol. The van der Waals surface area contributed by atoms with Gasteiger partial charge in [0.05, 0.1) is 22.4 Å². The van der Waals surface area contributed by atoms with Gasteiger partial charge in [0.2, 0.25) is 0 Å². The Morgan fingerprint density at radius 2 is 0.773 bits per heavy atom. The molecule has 212 valence electrons. The van der Waals surface area contributed by atoms with E-state index in [1.54, 1.807) is 0 Å². The SMILES string of the molecule is Cc1cc(C)cc(-c2cc3nc(-c4ccccc4)c(-c4ccc(-c5ccncc5)cc4)nc3cc2-c2cc(C)cc(C)c2)c1. The average molecular weight is 568 g/mol. The maximum absolute atomic E-state index is 5.35. The molecule has 0 aliphatic carbocycles. The minimum Gasteiger partial charge on any atom is -0.265 e. The van der Waals surface area contributed by atoms with Crippen LogP contribution in [0, 0.1) is 27.7 Å². The molecule has 0 saturated heterocycles. The lowest BCUT2D eigenvalue weighted by atomic mass is 9.90. The molecule has 0 unspecified atom stereocenters. The van der Waals surface area contributed by atoms with Gasteiger partial charge in [-0.2, -0.15) is 0 Å². The van der Waals surface area contributed by atoms with E-state index in [4.69, 9.17) is 9.97 Å². The first-order chi connectivity index (χ1) is 21.4. The lowest BCUT2D eigenvalue weighted by Gasteiger charge is -2.17. The predicted molar refractivity (Wildman–Crippen MR) is 183 cm³/mol. The number of rotatable bonds is 5. The van der Waals surface area contributed by atoms with Gasteiger partial charge in [-0.3, -0.25) is 4.98 Å². The van der Waals surface area contributed by atoms with Crippen molar-refractivity contribution < 1.29 is 0 Å². The van der Waals surface area contributed by atoms with Crippen LogP contribution in [0.1, 0.15) is 22.3 Å². The standard InChI is InChI=1S/C41H33N3/c1-26-18-27(2)21-34(20-26)36-24-38-39(25-37(36)35-22-28(3)19-29(4)23-35)44-41(40(43-38)32-8-6-5-7-9-32)33-12-10-30(11-13-33)31-14-16-42-17-15-31/h5-25H,1-4H3. The Morgan fingerprint density at radius 1 is 0.364 bits per heavy atom. The smallest absolute Gasteiger partial charge is 0.0973 e. The normalized spacial score (nSPS) is 11.2. The lowest BCUT2D eigenvalue weighted by Crippen LogP contribution is -1.98. The topological polar surface area (TPSA) is 38.7 Å². The molecular weight excluding hydrogens is 534 g/mol. The summed E-state index contributed by atoms with van der Waals surface area (Å²) in [6.45, 7) is 8.64. The number of pyridine rings is 1. The molecule has 0 spiro atoms. The molecule has 0 saturated carbocycles. The number of benzene rings is 5. The fourth-order valence-electron chi connectivity index (χ4n) is 6.20. The summed E-state index contributed by atoms with van der Waals surface area (Å²) in [6, 6.07) is 41.0. The fourth-order valence-corrected chi connectivity index (χ4v) is 6.20. The molecule has 3 heteroatoms. The van der Waals surface area contributed by atoms with Gasteiger partial charge in [-0.25, -0.2) is 9.97 Å².